The summed E-state index contributed by atoms with van der Waals surface area (Å²) in [6.07, 6.45) is 0.399. The fourth-order valence-electron chi connectivity index (χ4n) is 0.788. The summed E-state index contributed by atoms with van der Waals surface area (Å²) in [5.41, 5.74) is 3.90. The second kappa shape index (κ2) is 3.09. The molecule has 0 aromatic rings. The van der Waals surface area contributed by atoms with E-state index < -0.39 is 11.2 Å². The van der Waals surface area contributed by atoms with E-state index in [1.807, 2.05) is 0 Å². The molecule has 0 heterocycles. The molecule has 0 amide bonds. The molecule has 0 aliphatic heterocycles. The molecule has 4 N–H and O–H groups in total. The Morgan fingerprint density at radius 1 is 1.18 bits per heavy atom. The lowest BCUT2D eigenvalue weighted by Gasteiger charge is -2.30. The summed E-state index contributed by atoms with van der Waals surface area (Å²) in [6.45, 7) is 6.64. The van der Waals surface area contributed by atoms with E-state index in [1.165, 1.54) is 0 Å². The molecule has 0 aliphatic carbocycles. The van der Waals surface area contributed by atoms with Crippen molar-refractivity contribution < 1.29 is 10.2 Å². The van der Waals surface area contributed by atoms with Gasteiger partial charge in [-0.15, -0.1) is 0 Å². The van der Waals surface area contributed by atoms with Crippen LogP contribution < -0.4 is 5.73 Å². The van der Waals surface area contributed by atoms with E-state index in [1.54, 1.807) is 27.7 Å². The minimum Gasteiger partial charge on any atom is -0.390 e. The maximum atomic E-state index is 9.41. The summed E-state index contributed by atoms with van der Waals surface area (Å²) in [5.74, 6) is 0. The van der Waals surface area contributed by atoms with Crippen LogP contribution in [0.4, 0.5) is 0 Å². The summed E-state index contributed by atoms with van der Waals surface area (Å²) in [4.78, 5) is 0. The van der Waals surface area contributed by atoms with Crippen molar-refractivity contribution in [1.29, 1.82) is 0 Å². The highest BCUT2D eigenvalue weighted by Gasteiger charge is 2.28. The fourth-order valence-corrected chi connectivity index (χ4v) is 0.788. The number of aliphatic hydroxyl groups is 2. The first-order valence-electron chi connectivity index (χ1n) is 3.83. The van der Waals surface area contributed by atoms with Gasteiger partial charge < -0.3 is 15.9 Å². The van der Waals surface area contributed by atoms with Gasteiger partial charge in [-0.25, -0.2) is 0 Å². The second-order valence-electron chi connectivity index (χ2n) is 4.28. The van der Waals surface area contributed by atoms with Crippen LogP contribution in [-0.2, 0) is 0 Å². The number of rotatable bonds is 3. The summed E-state index contributed by atoms with van der Waals surface area (Å²) in [6, 6.07) is -0.387. The van der Waals surface area contributed by atoms with Gasteiger partial charge in [0.15, 0.2) is 0 Å². The van der Waals surface area contributed by atoms with E-state index >= 15 is 0 Å². The number of hydrogen-bond acceptors (Lipinski definition) is 3. The highest BCUT2D eigenvalue weighted by Crippen LogP contribution is 2.17. The first kappa shape index (κ1) is 10.9. The van der Waals surface area contributed by atoms with E-state index in [-0.39, 0.29) is 6.04 Å². The maximum Gasteiger partial charge on any atom is 0.0743 e. The zero-order valence-corrected chi connectivity index (χ0v) is 7.76. The largest absolute Gasteiger partial charge is 0.390 e. The summed E-state index contributed by atoms with van der Waals surface area (Å²) >= 11 is 0. The Balaban J connectivity index is 3.99. The van der Waals surface area contributed by atoms with Crippen molar-refractivity contribution in [2.45, 2.75) is 51.4 Å². The molecule has 0 aromatic carbocycles. The van der Waals surface area contributed by atoms with Gasteiger partial charge in [0.05, 0.1) is 11.2 Å². The Bertz CT molecular complexity index is 121. The second-order valence-corrected chi connectivity index (χ2v) is 4.28. The van der Waals surface area contributed by atoms with Crippen LogP contribution in [0, 0.1) is 0 Å². The third kappa shape index (κ3) is 5.18. The van der Waals surface area contributed by atoms with Gasteiger partial charge >= 0.3 is 0 Å². The standard InChI is InChI=1S/C8H19NO2/c1-7(2,10)5-6(9)8(3,4)11/h6,10-11H,5,9H2,1-4H3/t6-/m0/s1. The smallest absolute Gasteiger partial charge is 0.0743 e. The molecule has 3 heteroatoms. The van der Waals surface area contributed by atoms with Crippen LogP contribution in [0.25, 0.3) is 0 Å². The highest BCUT2D eigenvalue weighted by molar-refractivity contribution is 4.85. The molecule has 0 radical (unpaired) electrons. The zero-order chi connectivity index (χ0) is 9.28. The molecule has 68 valence electrons. The van der Waals surface area contributed by atoms with Gasteiger partial charge in [-0.1, -0.05) is 0 Å². The summed E-state index contributed by atoms with van der Waals surface area (Å²) in [7, 11) is 0. The van der Waals surface area contributed by atoms with Crippen LogP contribution in [0.1, 0.15) is 34.1 Å². The lowest BCUT2D eigenvalue weighted by Crippen LogP contribution is -2.47. The lowest BCUT2D eigenvalue weighted by atomic mass is 9.89. The van der Waals surface area contributed by atoms with E-state index in [0.29, 0.717) is 6.42 Å². The van der Waals surface area contributed by atoms with Crippen LogP contribution in [-0.4, -0.2) is 27.5 Å². The van der Waals surface area contributed by atoms with Gasteiger partial charge in [0, 0.05) is 6.04 Å². The fraction of sp³-hybridized carbons (Fsp3) is 1.00. The van der Waals surface area contributed by atoms with E-state index in [4.69, 9.17) is 5.73 Å². The van der Waals surface area contributed by atoms with Gasteiger partial charge in [0.25, 0.3) is 0 Å². The first-order valence-corrected chi connectivity index (χ1v) is 3.83. The molecule has 0 spiro atoms. The van der Waals surface area contributed by atoms with Crippen LogP contribution in [0.3, 0.4) is 0 Å². The van der Waals surface area contributed by atoms with E-state index in [0.717, 1.165) is 0 Å². The molecule has 0 unspecified atom stereocenters. The SMILES string of the molecule is CC(C)(O)C[C@H](N)C(C)(C)O. The van der Waals surface area contributed by atoms with Crippen LogP contribution in [0.2, 0.25) is 0 Å². The molecular formula is C8H19NO2. The quantitative estimate of drug-likeness (QED) is 0.555. The van der Waals surface area contributed by atoms with Gasteiger partial charge in [0.1, 0.15) is 0 Å². The molecule has 1 atom stereocenters. The Kier molecular flexibility index (Phi) is 3.06. The summed E-state index contributed by atoms with van der Waals surface area (Å²) in [5, 5.41) is 18.8. The Morgan fingerprint density at radius 3 is 1.64 bits per heavy atom. The molecule has 0 saturated carbocycles. The molecule has 3 nitrogen and oxygen atoms in total. The van der Waals surface area contributed by atoms with Gasteiger partial charge in [-0.2, -0.15) is 0 Å². The van der Waals surface area contributed by atoms with Gasteiger partial charge in [-0.05, 0) is 34.1 Å². The average Bonchev–Trinajstić information content (AvgIpc) is 1.56. The normalized spacial score (nSPS) is 16.6. The van der Waals surface area contributed by atoms with Crippen molar-refractivity contribution >= 4 is 0 Å². The molecule has 0 rings (SSSR count). The third-order valence-electron chi connectivity index (χ3n) is 1.63. The van der Waals surface area contributed by atoms with Crippen molar-refractivity contribution in [1.82, 2.24) is 0 Å². The molecule has 0 bridgehead atoms. The Labute approximate surface area is 68.2 Å². The van der Waals surface area contributed by atoms with Crippen molar-refractivity contribution in [3.63, 3.8) is 0 Å². The van der Waals surface area contributed by atoms with E-state index in [2.05, 4.69) is 0 Å². The van der Waals surface area contributed by atoms with Crippen molar-refractivity contribution in [3.05, 3.63) is 0 Å². The molecule has 0 aliphatic rings. The minimum absolute atomic E-state index is 0.387. The average molecular weight is 161 g/mol. The molecular weight excluding hydrogens is 142 g/mol. The lowest BCUT2D eigenvalue weighted by molar-refractivity contribution is 0.000490. The number of nitrogens with two attached hydrogens (primary N) is 1. The van der Waals surface area contributed by atoms with Crippen LogP contribution in [0.5, 0.6) is 0 Å². The molecule has 0 fully saturated rings. The van der Waals surface area contributed by atoms with Crippen molar-refractivity contribution in [2.24, 2.45) is 5.73 Å². The highest BCUT2D eigenvalue weighted by atomic mass is 16.3. The van der Waals surface area contributed by atoms with Crippen LogP contribution in [0.15, 0.2) is 0 Å². The predicted octanol–water partition coefficient (Wildman–Crippen LogP) is 0.246. The first-order chi connectivity index (χ1) is 4.63. The predicted molar refractivity (Wildman–Crippen MR) is 45.2 cm³/mol. The molecule has 0 aromatic heterocycles. The third-order valence-corrected chi connectivity index (χ3v) is 1.63. The molecule has 0 saturated heterocycles. The number of hydrogen-bond donors (Lipinski definition) is 3. The van der Waals surface area contributed by atoms with Crippen molar-refractivity contribution in [2.75, 3.05) is 0 Å². The Hall–Kier alpha value is -0.120. The monoisotopic (exact) mass is 161 g/mol. The summed E-state index contributed by atoms with van der Waals surface area (Å²) < 4.78 is 0. The minimum atomic E-state index is -0.917. The van der Waals surface area contributed by atoms with E-state index in [9.17, 15) is 10.2 Å². The molecule has 11 heavy (non-hydrogen) atoms. The van der Waals surface area contributed by atoms with Gasteiger partial charge in [-0.3, -0.25) is 0 Å². The maximum absolute atomic E-state index is 9.41. The van der Waals surface area contributed by atoms with Crippen molar-refractivity contribution in [3.8, 4) is 0 Å². The van der Waals surface area contributed by atoms with Crippen LogP contribution >= 0.6 is 0 Å². The van der Waals surface area contributed by atoms with Gasteiger partial charge in [0.2, 0.25) is 0 Å². The topological polar surface area (TPSA) is 66.5 Å². The zero-order valence-electron chi connectivity index (χ0n) is 7.76. The Morgan fingerprint density at radius 2 is 1.55 bits per heavy atom.